The van der Waals surface area contributed by atoms with Gasteiger partial charge in [0.1, 0.15) is 0 Å². The fraction of sp³-hybridized carbons (Fsp3) is 0.316. The highest BCUT2D eigenvalue weighted by Crippen LogP contribution is 2.21. The lowest BCUT2D eigenvalue weighted by atomic mass is 9.96. The normalized spacial score (nSPS) is 16.4. The summed E-state index contributed by atoms with van der Waals surface area (Å²) >= 11 is 5.85. The van der Waals surface area contributed by atoms with Gasteiger partial charge in [-0.1, -0.05) is 43.0 Å². The van der Waals surface area contributed by atoms with Crippen LogP contribution < -0.4 is 4.72 Å². The second-order valence-electron chi connectivity index (χ2n) is 6.26. The lowest BCUT2D eigenvalue weighted by Gasteiger charge is -2.22. The molecule has 0 atom stereocenters. The Labute approximate surface area is 154 Å². The van der Waals surface area contributed by atoms with E-state index in [1.807, 2.05) is 12.1 Å². The Bertz CT molecular complexity index is 825. The molecule has 1 fully saturated rings. The first-order valence-electron chi connectivity index (χ1n) is 8.45. The van der Waals surface area contributed by atoms with Crippen LogP contribution in [0.25, 0.3) is 0 Å². The maximum Gasteiger partial charge on any atom is 0.240 e. The van der Waals surface area contributed by atoms with Crippen LogP contribution in [0, 0.1) is 0 Å². The van der Waals surface area contributed by atoms with Gasteiger partial charge in [0.05, 0.1) is 10.6 Å². The van der Waals surface area contributed by atoms with Crippen LogP contribution in [0.1, 0.15) is 37.7 Å². The Kier molecular flexibility index (Phi) is 5.89. The molecule has 6 heteroatoms. The van der Waals surface area contributed by atoms with Crippen molar-refractivity contribution in [2.24, 2.45) is 4.99 Å². The minimum Gasteiger partial charge on any atom is -0.256 e. The third-order valence-corrected chi connectivity index (χ3v) is 6.10. The lowest BCUT2D eigenvalue weighted by molar-refractivity contribution is 0.412. The number of aliphatic imine (C=N–C) groups is 1. The van der Waals surface area contributed by atoms with Gasteiger partial charge in [0, 0.05) is 17.3 Å². The zero-order chi connectivity index (χ0) is 17.7. The smallest absolute Gasteiger partial charge is 0.240 e. The maximum absolute atomic E-state index is 12.5. The Morgan fingerprint density at radius 3 is 2.24 bits per heavy atom. The summed E-state index contributed by atoms with van der Waals surface area (Å²) in [6.45, 7) is 0. The molecule has 0 saturated heterocycles. The van der Waals surface area contributed by atoms with Gasteiger partial charge in [0.2, 0.25) is 10.0 Å². The highest BCUT2D eigenvalue weighted by molar-refractivity contribution is 7.89. The van der Waals surface area contributed by atoms with Crippen LogP contribution in [0.4, 0.5) is 5.69 Å². The highest BCUT2D eigenvalue weighted by Gasteiger charge is 2.21. The molecule has 0 unspecified atom stereocenters. The zero-order valence-corrected chi connectivity index (χ0v) is 15.4. The number of hydrogen-bond donors (Lipinski definition) is 1. The molecule has 1 saturated carbocycles. The molecule has 0 aromatic heterocycles. The fourth-order valence-corrected chi connectivity index (χ4v) is 4.35. The molecule has 0 radical (unpaired) electrons. The number of sulfonamides is 1. The van der Waals surface area contributed by atoms with Gasteiger partial charge in [-0.25, -0.2) is 13.1 Å². The van der Waals surface area contributed by atoms with E-state index in [-0.39, 0.29) is 10.9 Å². The van der Waals surface area contributed by atoms with Crippen molar-refractivity contribution in [1.29, 1.82) is 0 Å². The molecule has 1 N–H and O–H groups in total. The SMILES string of the molecule is O=S(=O)(NC1CCCCC1)c1ccc(N=Cc2ccc(Cl)cc2)cc1. The molecule has 0 amide bonds. The third kappa shape index (κ3) is 5.14. The molecule has 1 aliphatic rings. The molecule has 0 bridgehead atoms. The van der Waals surface area contributed by atoms with Crippen molar-refractivity contribution in [1.82, 2.24) is 4.72 Å². The average molecular weight is 377 g/mol. The van der Waals surface area contributed by atoms with E-state index in [4.69, 9.17) is 11.6 Å². The predicted molar refractivity (Wildman–Crippen MR) is 102 cm³/mol. The van der Waals surface area contributed by atoms with Crippen LogP contribution in [-0.2, 0) is 10.0 Å². The van der Waals surface area contributed by atoms with Crippen molar-refractivity contribution in [3.63, 3.8) is 0 Å². The van der Waals surface area contributed by atoms with Gasteiger partial charge in [0.15, 0.2) is 0 Å². The second-order valence-corrected chi connectivity index (χ2v) is 8.41. The largest absolute Gasteiger partial charge is 0.256 e. The summed E-state index contributed by atoms with van der Waals surface area (Å²) in [5.74, 6) is 0. The van der Waals surface area contributed by atoms with E-state index in [1.54, 1.807) is 42.6 Å². The Hall–Kier alpha value is -1.69. The van der Waals surface area contributed by atoms with Crippen molar-refractivity contribution in [2.45, 2.75) is 43.0 Å². The molecule has 0 aliphatic heterocycles. The van der Waals surface area contributed by atoms with Gasteiger partial charge in [0.25, 0.3) is 0 Å². The number of benzene rings is 2. The van der Waals surface area contributed by atoms with E-state index < -0.39 is 10.0 Å². The first kappa shape index (κ1) is 18.1. The van der Waals surface area contributed by atoms with Gasteiger partial charge in [-0.3, -0.25) is 4.99 Å². The summed E-state index contributed by atoms with van der Waals surface area (Å²) in [5, 5.41) is 0.678. The lowest BCUT2D eigenvalue weighted by Crippen LogP contribution is -2.36. The minimum atomic E-state index is -3.47. The highest BCUT2D eigenvalue weighted by atomic mass is 35.5. The number of nitrogens with one attached hydrogen (secondary N) is 1. The van der Waals surface area contributed by atoms with Crippen molar-refractivity contribution >= 4 is 33.5 Å². The Morgan fingerprint density at radius 2 is 1.60 bits per heavy atom. The number of hydrogen-bond acceptors (Lipinski definition) is 3. The first-order valence-corrected chi connectivity index (χ1v) is 10.3. The average Bonchev–Trinajstić information content (AvgIpc) is 2.62. The molecule has 0 heterocycles. The summed E-state index contributed by atoms with van der Waals surface area (Å²) in [6, 6.07) is 14.0. The summed E-state index contributed by atoms with van der Waals surface area (Å²) in [4.78, 5) is 4.64. The quantitative estimate of drug-likeness (QED) is 0.769. The molecule has 25 heavy (non-hydrogen) atoms. The van der Waals surface area contributed by atoms with Gasteiger partial charge in [-0.05, 0) is 54.8 Å². The molecule has 4 nitrogen and oxygen atoms in total. The zero-order valence-electron chi connectivity index (χ0n) is 13.9. The molecule has 2 aromatic rings. The maximum atomic E-state index is 12.5. The van der Waals surface area contributed by atoms with Crippen molar-refractivity contribution in [3.8, 4) is 0 Å². The van der Waals surface area contributed by atoms with E-state index in [2.05, 4.69) is 9.71 Å². The predicted octanol–water partition coefficient (Wildman–Crippen LogP) is 4.70. The standard InChI is InChI=1S/C19H21ClN2O2S/c20-16-8-6-15(7-9-16)14-21-17-10-12-19(13-11-17)25(23,24)22-18-4-2-1-3-5-18/h6-14,18,22H,1-5H2. The number of rotatable bonds is 5. The first-order chi connectivity index (χ1) is 12.0. The third-order valence-electron chi connectivity index (χ3n) is 4.31. The summed E-state index contributed by atoms with van der Waals surface area (Å²) in [6.07, 6.45) is 6.93. The van der Waals surface area contributed by atoms with Gasteiger partial charge in [-0.2, -0.15) is 0 Å². The van der Waals surface area contributed by atoms with Crippen molar-refractivity contribution < 1.29 is 8.42 Å². The number of nitrogens with zero attached hydrogens (tertiary/aromatic N) is 1. The summed E-state index contributed by atoms with van der Waals surface area (Å²) < 4.78 is 27.7. The van der Waals surface area contributed by atoms with E-state index in [1.165, 1.54) is 6.42 Å². The summed E-state index contributed by atoms with van der Waals surface area (Å²) in [7, 11) is -3.47. The van der Waals surface area contributed by atoms with Crippen LogP contribution in [-0.4, -0.2) is 20.7 Å². The number of halogens is 1. The van der Waals surface area contributed by atoms with Gasteiger partial charge in [-0.15, -0.1) is 0 Å². The van der Waals surface area contributed by atoms with Crippen molar-refractivity contribution in [2.75, 3.05) is 0 Å². The fourth-order valence-electron chi connectivity index (χ4n) is 2.92. The second kappa shape index (κ2) is 8.13. The van der Waals surface area contributed by atoms with Crippen LogP contribution in [0.3, 0.4) is 0 Å². The molecule has 2 aromatic carbocycles. The van der Waals surface area contributed by atoms with Gasteiger partial charge < -0.3 is 0 Å². The van der Waals surface area contributed by atoms with Crippen LogP contribution in [0.5, 0.6) is 0 Å². The molecular weight excluding hydrogens is 356 g/mol. The van der Waals surface area contributed by atoms with E-state index in [0.717, 1.165) is 31.2 Å². The van der Waals surface area contributed by atoms with E-state index in [9.17, 15) is 8.42 Å². The topological polar surface area (TPSA) is 58.5 Å². The van der Waals surface area contributed by atoms with Crippen LogP contribution >= 0.6 is 11.6 Å². The molecular formula is C19H21ClN2O2S. The monoisotopic (exact) mass is 376 g/mol. The van der Waals surface area contributed by atoms with Crippen LogP contribution in [0.2, 0.25) is 5.02 Å². The van der Waals surface area contributed by atoms with Crippen molar-refractivity contribution in [3.05, 3.63) is 59.1 Å². The van der Waals surface area contributed by atoms with Crippen LogP contribution in [0.15, 0.2) is 58.4 Å². The molecule has 3 rings (SSSR count). The Balaban J connectivity index is 1.67. The van der Waals surface area contributed by atoms with E-state index in [0.29, 0.717) is 10.7 Å². The minimum absolute atomic E-state index is 0.0568. The summed E-state index contributed by atoms with van der Waals surface area (Å²) in [5.41, 5.74) is 1.63. The Morgan fingerprint density at radius 1 is 0.960 bits per heavy atom. The molecule has 0 spiro atoms. The molecule has 132 valence electrons. The molecule has 1 aliphatic carbocycles. The van der Waals surface area contributed by atoms with Gasteiger partial charge >= 0.3 is 0 Å². The van der Waals surface area contributed by atoms with E-state index >= 15 is 0 Å².